The molecule has 0 unspecified atom stereocenters. The number of fused-ring (bicyclic) bond motifs is 2. The second kappa shape index (κ2) is 8.83. The van der Waals surface area contributed by atoms with Gasteiger partial charge in [-0.05, 0) is 36.4 Å². The van der Waals surface area contributed by atoms with Crippen molar-refractivity contribution in [1.82, 2.24) is 14.5 Å². The van der Waals surface area contributed by atoms with E-state index in [0.717, 1.165) is 34.7 Å². The SMILES string of the molecule is Cc1ccc(Cn2cc(/C=C3/C(=N)N4N=C(N5CCOCC5)SC4=NC3=O)c3ccccc32)cc1. The number of carbonyl (C=O) groups is 1. The average molecular weight is 485 g/mol. The summed E-state index contributed by atoms with van der Waals surface area (Å²) in [4.78, 5) is 19.3. The number of morpholine rings is 1. The van der Waals surface area contributed by atoms with Crippen LogP contribution in [0.2, 0.25) is 0 Å². The molecular weight excluding hydrogens is 460 g/mol. The zero-order valence-corrected chi connectivity index (χ0v) is 20.1. The molecule has 3 aliphatic rings. The van der Waals surface area contributed by atoms with Crippen LogP contribution < -0.4 is 0 Å². The Bertz CT molecular complexity index is 1430. The van der Waals surface area contributed by atoms with Crippen molar-refractivity contribution < 1.29 is 9.53 Å². The van der Waals surface area contributed by atoms with E-state index in [-0.39, 0.29) is 11.4 Å². The maximum absolute atomic E-state index is 13.0. The summed E-state index contributed by atoms with van der Waals surface area (Å²) in [6.07, 6.45) is 3.81. The monoisotopic (exact) mass is 484 g/mol. The number of nitrogens with zero attached hydrogens (tertiary/aromatic N) is 5. The third-order valence-electron chi connectivity index (χ3n) is 6.32. The highest BCUT2D eigenvalue weighted by atomic mass is 32.2. The van der Waals surface area contributed by atoms with Gasteiger partial charge in [-0.2, -0.15) is 10.0 Å². The van der Waals surface area contributed by atoms with E-state index < -0.39 is 5.91 Å². The summed E-state index contributed by atoms with van der Waals surface area (Å²) in [7, 11) is 0. The van der Waals surface area contributed by atoms with Gasteiger partial charge in [-0.15, -0.1) is 5.10 Å². The number of amides is 1. The molecule has 1 saturated heterocycles. The Hall–Kier alpha value is -3.69. The number of amidine groups is 3. The minimum atomic E-state index is -0.414. The van der Waals surface area contributed by atoms with E-state index in [0.29, 0.717) is 24.9 Å². The molecule has 0 bridgehead atoms. The lowest BCUT2D eigenvalue weighted by molar-refractivity contribution is -0.114. The fourth-order valence-electron chi connectivity index (χ4n) is 4.43. The van der Waals surface area contributed by atoms with Crippen molar-refractivity contribution in [2.24, 2.45) is 10.1 Å². The van der Waals surface area contributed by atoms with Crippen LogP contribution in [0.4, 0.5) is 0 Å². The van der Waals surface area contributed by atoms with Gasteiger partial charge in [-0.25, -0.2) is 0 Å². The van der Waals surface area contributed by atoms with E-state index in [9.17, 15) is 4.79 Å². The van der Waals surface area contributed by atoms with Crippen LogP contribution in [-0.4, -0.2) is 62.9 Å². The minimum absolute atomic E-state index is 0.0473. The molecule has 3 aliphatic heterocycles. The summed E-state index contributed by atoms with van der Waals surface area (Å²) in [5.41, 5.74) is 4.61. The Labute approximate surface area is 207 Å². The van der Waals surface area contributed by atoms with Crippen LogP contribution in [0.5, 0.6) is 0 Å². The number of hydrogen-bond donors (Lipinski definition) is 1. The largest absolute Gasteiger partial charge is 0.378 e. The molecule has 176 valence electrons. The summed E-state index contributed by atoms with van der Waals surface area (Å²) in [5.74, 6) is -0.367. The smallest absolute Gasteiger partial charge is 0.283 e. The van der Waals surface area contributed by atoms with Gasteiger partial charge in [0.05, 0.1) is 18.8 Å². The maximum atomic E-state index is 13.0. The van der Waals surface area contributed by atoms with Crippen molar-refractivity contribution >= 4 is 50.8 Å². The Balaban J connectivity index is 1.34. The molecule has 0 atom stereocenters. The molecule has 6 rings (SSSR count). The highest BCUT2D eigenvalue weighted by molar-refractivity contribution is 8.26. The van der Waals surface area contributed by atoms with E-state index in [1.54, 1.807) is 6.08 Å². The molecule has 2 aromatic carbocycles. The standard InChI is InChI=1S/C26H24N6O2S/c1-17-6-8-18(9-7-17)15-31-16-19(20-4-2-3-5-22(20)31)14-21-23(27)32-25(28-24(21)33)35-26(29-32)30-10-12-34-13-11-30/h2-9,14,16,27H,10-13,15H2,1H3/b21-14-,27-23?. The molecule has 0 saturated carbocycles. The number of para-hydroxylation sites is 1. The predicted octanol–water partition coefficient (Wildman–Crippen LogP) is 3.91. The normalized spacial score (nSPS) is 19.4. The van der Waals surface area contributed by atoms with Crippen molar-refractivity contribution in [1.29, 1.82) is 5.41 Å². The third kappa shape index (κ3) is 4.06. The van der Waals surface area contributed by atoms with Gasteiger partial charge in [0.1, 0.15) is 0 Å². The van der Waals surface area contributed by atoms with E-state index in [1.165, 1.54) is 27.9 Å². The van der Waals surface area contributed by atoms with Gasteiger partial charge in [0.25, 0.3) is 5.91 Å². The fraction of sp³-hybridized carbons (Fsp3) is 0.231. The number of nitrogens with one attached hydrogen (secondary N) is 1. The molecule has 1 N–H and O–H groups in total. The molecule has 0 spiro atoms. The maximum Gasteiger partial charge on any atom is 0.283 e. The number of aryl methyl sites for hydroxylation is 1. The summed E-state index contributed by atoms with van der Waals surface area (Å²) in [6.45, 7) is 5.54. The average Bonchev–Trinajstić information content (AvgIpc) is 3.46. The molecule has 4 heterocycles. The van der Waals surface area contributed by atoms with Gasteiger partial charge in [0.15, 0.2) is 11.0 Å². The van der Waals surface area contributed by atoms with Crippen LogP contribution in [0.25, 0.3) is 17.0 Å². The Morgan fingerprint density at radius 3 is 2.66 bits per heavy atom. The Morgan fingerprint density at radius 1 is 1.09 bits per heavy atom. The van der Waals surface area contributed by atoms with Crippen molar-refractivity contribution in [3.05, 3.63) is 77.0 Å². The van der Waals surface area contributed by atoms with Crippen LogP contribution in [0.15, 0.2) is 70.4 Å². The molecule has 1 aromatic heterocycles. The van der Waals surface area contributed by atoms with Crippen LogP contribution in [0, 0.1) is 12.3 Å². The summed E-state index contributed by atoms with van der Waals surface area (Å²) in [5, 5.41) is 17.0. The van der Waals surface area contributed by atoms with Crippen LogP contribution >= 0.6 is 11.8 Å². The number of rotatable bonds is 3. The van der Waals surface area contributed by atoms with Crippen LogP contribution in [0.1, 0.15) is 16.7 Å². The molecule has 0 aliphatic carbocycles. The Kier molecular flexibility index (Phi) is 5.50. The van der Waals surface area contributed by atoms with E-state index >= 15 is 0 Å². The zero-order valence-electron chi connectivity index (χ0n) is 19.3. The first kappa shape index (κ1) is 21.8. The number of hydrazone groups is 1. The summed E-state index contributed by atoms with van der Waals surface area (Å²) < 4.78 is 7.60. The summed E-state index contributed by atoms with van der Waals surface area (Å²) in [6, 6.07) is 16.6. The lowest BCUT2D eigenvalue weighted by Crippen LogP contribution is -2.39. The lowest BCUT2D eigenvalue weighted by atomic mass is 10.1. The third-order valence-corrected chi connectivity index (χ3v) is 7.29. The number of aliphatic imine (C=N–C) groups is 1. The molecule has 0 radical (unpaired) electrons. The van der Waals surface area contributed by atoms with Gasteiger partial charge in [0, 0.05) is 42.3 Å². The first-order valence-corrected chi connectivity index (χ1v) is 12.3. The van der Waals surface area contributed by atoms with Crippen LogP contribution in [-0.2, 0) is 16.1 Å². The first-order chi connectivity index (χ1) is 17.1. The molecule has 1 amide bonds. The van der Waals surface area contributed by atoms with Crippen LogP contribution in [0.3, 0.4) is 0 Å². The molecule has 1 fully saturated rings. The van der Waals surface area contributed by atoms with Gasteiger partial charge < -0.3 is 14.2 Å². The van der Waals surface area contributed by atoms with Gasteiger partial charge in [-0.3, -0.25) is 10.2 Å². The van der Waals surface area contributed by atoms with Crippen molar-refractivity contribution in [3.8, 4) is 0 Å². The van der Waals surface area contributed by atoms with Gasteiger partial charge in [0.2, 0.25) is 5.17 Å². The molecular formula is C26H24N6O2S. The number of hydrogen-bond acceptors (Lipinski definition) is 6. The molecule has 3 aromatic rings. The van der Waals surface area contributed by atoms with E-state index in [2.05, 4.69) is 56.8 Å². The van der Waals surface area contributed by atoms with E-state index in [4.69, 9.17) is 10.1 Å². The molecule has 8 nitrogen and oxygen atoms in total. The van der Waals surface area contributed by atoms with E-state index in [1.807, 2.05) is 24.4 Å². The number of aromatic nitrogens is 1. The van der Waals surface area contributed by atoms with Gasteiger partial charge in [-0.1, -0.05) is 48.0 Å². The lowest BCUT2D eigenvalue weighted by Gasteiger charge is -2.26. The second-order valence-electron chi connectivity index (χ2n) is 8.72. The Morgan fingerprint density at radius 2 is 1.86 bits per heavy atom. The van der Waals surface area contributed by atoms with Crippen molar-refractivity contribution in [2.45, 2.75) is 13.5 Å². The first-order valence-electron chi connectivity index (χ1n) is 11.5. The number of benzene rings is 2. The molecule has 35 heavy (non-hydrogen) atoms. The van der Waals surface area contributed by atoms with Crippen molar-refractivity contribution in [3.63, 3.8) is 0 Å². The second-order valence-corrected chi connectivity index (χ2v) is 9.65. The number of carbonyl (C=O) groups excluding carboxylic acids is 1. The highest BCUT2D eigenvalue weighted by Gasteiger charge is 2.37. The summed E-state index contributed by atoms with van der Waals surface area (Å²) >= 11 is 1.33. The topological polar surface area (TPSA) is 86.3 Å². The van der Waals surface area contributed by atoms with Gasteiger partial charge >= 0.3 is 0 Å². The number of ether oxygens (including phenoxy) is 1. The minimum Gasteiger partial charge on any atom is -0.378 e. The fourth-order valence-corrected chi connectivity index (χ4v) is 5.38. The highest BCUT2D eigenvalue weighted by Crippen LogP contribution is 2.31. The predicted molar refractivity (Wildman–Crippen MR) is 140 cm³/mol. The zero-order chi connectivity index (χ0) is 23.9. The quantitative estimate of drug-likeness (QED) is 0.570. The molecule has 9 heteroatoms. The number of thioether (sulfide) groups is 1. The van der Waals surface area contributed by atoms with Crippen molar-refractivity contribution in [2.75, 3.05) is 26.3 Å².